The summed E-state index contributed by atoms with van der Waals surface area (Å²) < 4.78 is 12.5. The molecule has 0 fully saturated rings. The van der Waals surface area contributed by atoms with Gasteiger partial charge in [0.25, 0.3) is 0 Å². The highest BCUT2D eigenvalue weighted by Crippen LogP contribution is 2.33. The van der Waals surface area contributed by atoms with E-state index >= 15 is 0 Å². The van der Waals surface area contributed by atoms with Crippen molar-refractivity contribution in [3.05, 3.63) is 76.5 Å². The second-order valence-corrected chi connectivity index (χ2v) is 8.87. The van der Waals surface area contributed by atoms with Gasteiger partial charge in [-0.2, -0.15) is 0 Å². The molecule has 0 saturated heterocycles. The fourth-order valence-electron chi connectivity index (χ4n) is 3.85. The summed E-state index contributed by atoms with van der Waals surface area (Å²) in [5, 5.41) is 0. The van der Waals surface area contributed by atoms with Crippen LogP contribution in [0.25, 0.3) is 5.57 Å². The lowest BCUT2D eigenvalue weighted by Crippen LogP contribution is -2.06. The summed E-state index contributed by atoms with van der Waals surface area (Å²) in [7, 11) is 0. The average molecular weight is 434 g/mol. The number of carbonyl (C=O) groups excluding carboxylic acids is 1. The predicted molar refractivity (Wildman–Crippen MR) is 130 cm³/mol. The number of nitrogens with zero attached hydrogens (tertiary/aromatic N) is 1. The van der Waals surface area contributed by atoms with E-state index in [0.29, 0.717) is 12.3 Å². The minimum atomic E-state index is -0.268. The first-order chi connectivity index (χ1) is 15.3. The van der Waals surface area contributed by atoms with Crippen molar-refractivity contribution < 1.29 is 13.9 Å². The molecule has 0 spiro atoms. The Balaban J connectivity index is 1.81. The van der Waals surface area contributed by atoms with Gasteiger partial charge in [0.1, 0.15) is 11.5 Å². The number of ether oxygens (including phenoxy) is 1. The molecule has 0 saturated carbocycles. The van der Waals surface area contributed by atoms with Crippen LogP contribution in [0.2, 0.25) is 0 Å². The monoisotopic (exact) mass is 433 g/mol. The molecule has 3 rings (SSSR count). The zero-order valence-electron chi connectivity index (χ0n) is 20.2. The number of aryl methyl sites for hydroxylation is 2. The number of ketones is 1. The molecule has 32 heavy (non-hydrogen) atoms. The SMILES string of the molecule is CCC1=CC=CC(c2nc(C(C)C)c(C(C)Oc3ccc(CCC(C)=O)c(C)c3)o2)=CC1. The van der Waals surface area contributed by atoms with Crippen LogP contribution in [0.4, 0.5) is 0 Å². The van der Waals surface area contributed by atoms with Gasteiger partial charge >= 0.3 is 0 Å². The quantitative estimate of drug-likeness (QED) is 0.412. The lowest BCUT2D eigenvalue weighted by Gasteiger charge is -2.16. The van der Waals surface area contributed by atoms with Gasteiger partial charge in [0, 0.05) is 12.0 Å². The molecular weight excluding hydrogens is 398 g/mol. The van der Waals surface area contributed by atoms with Crippen molar-refractivity contribution in [2.75, 3.05) is 0 Å². The van der Waals surface area contributed by atoms with Gasteiger partial charge in [-0.3, -0.25) is 0 Å². The van der Waals surface area contributed by atoms with E-state index in [1.165, 1.54) is 11.1 Å². The molecule has 0 aliphatic heterocycles. The molecule has 1 atom stereocenters. The predicted octanol–water partition coefficient (Wildman–Crippen LogP) is 7.45. The molecule has 0 amide bonds. The van der Waals surface area contributed by atoms with Crippen molar-refractivity contribution >= 4 is 11.4 Å². The van der Waals surface area contributed by atoms with E-state index in [4.69, 9.17) is 14.1 Å². The highest BCUT2D eigenvalue weighted by atomic mass is 16.5. The lowest BCUT2D eigenvalue weighted by molar-refractivity contribution is -0.116. The Kier molecular flexibility index (Phi) is 7.89. The van der Waals surface area contributed by atoms with Crippen LogP contribution in [0.15, 0.2) is 52.5 Å². The maximum atomic E-state index is 11.3. The van der Waals surface area contributed by atoms with Gasteiger partial charge in [-0.05, 0) is 75.3 Å². The van der Waals surface area contributed by atoms with Crippen LogP contribution >= 0.6 is 0 Å². The van der Waals surface area contributed by atoms with Crippen molar-refractivity contribution in [2.45, 2.75) is 79.2 Å². The summed E-state index contributed by atoms with van der Waals surface area (Å²) in [4.78, 5) is 16.1. The maximum Gasteiger partial charge on any atom is 0.226 e. The highest BCUT2D eigenvalue weighted by molar-refractivity contribution is 5.75. The Morgan fingerprint density at radius 3 is 2.69 bits per heavy atom. The molecule has 0 N–H and O–H groups in total. The Bertz CT molecular complexity index is 1050. The van der Waals surface area contributed by atoms with Gasteiger partial charge in [0.05, 0.1) is 5.69 Å². The van der Waals surface area contributed by atoms with E-state index in [1.807, 2.05) is 19.1 Å². The number of hydrogen-bond donors (Lipinski definition) is 0. The van der Waals surface area contributed by atoms with Crippen molar-refractivity contribution in [1.82, 2.24) is 4.98 Å². The highest BCUT2D eigenvalue weighted by Gasteiger charge is 2.24. The number of hydrogen-bond acceptors (Lipinski definition) is 4. The van der Waals surface area contributed by atoms with E-state index in [2.05, 4.69) is 58.1 Å². The number of aromatic nitrogens is 1. The van der Waals surface area contributed by atoms with Crippen molar-refractivity contribution in [2.24, 2.45) is 0 Å². The smallest absolute Gasteiger partial charge is 0.226 e. The molecule has 4 nitrogen and oxygen atoms in total. The first kappa shape index (κ1) is 23.8. The van der Waals surface area contributed by atoms with Crippen molar-refractivity contribution in [3.63, 3.8) is 0 Å². The third kappa shape index (κ3) is 5.87. The second kappa shape index (κ2) is 10.6. The standard InChI is InChI=1S/C28H35NO3/c1-7-22-9-8-10-24(14-12-22)28-29-26(18(2)3)27(32-28)21(6)31-25-16-15-23(19(4)17-25)13-11-20(5)30/h8-10,14-18,21H,7,11-13H2,1-6H3. The summed E-state index contributed by atoms with van der Waals surface area (Å²) in [6, 6.07) is 6.06. The third-order valence-electron chi connectivity index (χ3n) is 5.86. The van der Waals surface area contributed by atoms with Crippen LogP contribution in [0.5, 0.6) is 5.75 Å². The fourth-order valence-corrected chi connectivity index (χ4v) is 3.85. The van der Waals surface area contributed by atoms with Crippen LogP contribution in [-0.4, -0.2) is 10.8 Å². The Hall–Kier alpha value is -2.88. The van der Waals surface area contributed by atoms with Gasteiger partial charge in [0.2, 0.25) is 5.89 Å². The number of oxazole rings is 1. The maximum absolute atomic E-state index is 11.3. The normalized spacial score (nSPS) is 14.7. The number of benzene rings is 1. The first-order valence-electron chi connectivity index (χ1n) is 11.6. The molecule has 1 aromatic carbocycles. The van der Waals surface area contributed by atoms with Crippen LogP contribution in [0.3, 0.4) is 0 Å². The summed E-state index contributed by atoms with van der Waals surface area (Å²) in [6.45, 7) is 12.1. The Morgan fingerprint density at radius 2 is 2.03 bits per heavy atom. The lowest BCUT2D eigenvalue weighted by atomic mass is 10.0. The Labute approximate surface area is 192 Å². The fraction of sp³-hybridized carbons (Fsp3) is 0.429. The van der Waals surface area contributed by atoms with Crippen molar-refractivity contribution in [1.29, 1.82) is 0 Å². The second-order valence-electron chi connectivity index (χ2n) is 8.87. The molecule has 1 aromatic heterocycles. The van der Waals surface area contributed by atoms with Gasteiger partial charge < -0.3 is 13.9 Å². The van der Waals surface area contributed by atoms with Crippen LogP contribution in [0, 0.1) is 6.92 Å². The molecule has 170 valence electrons. The zero-order chi connectivity index (χ0) is 23.3. The largest absolute Gasteiger partial charge is 0.483 e. The average Bonchev–Trinajstić information content (AvgIpc) is 3.06. The molecule has 0 radical (unpaired) electrons. The van der Waals surface area contributed by atoms with Gasteiger partial charge in [0.15, 0.2) is 11.9 Å². The molecule has 4 heteroatoms. The Morgan fingerprint density at radius 1 is 1.25 bits per heavy atom. The molecule has 1 unspecified atom stereocenters. The van der Waals surface area contributed by atoms with Gasteiger partial charge in [-0.25, -0.2) is 4.98 Å². The zero-order valence-corrected chi connectivity index (χ0v) is 20.2. The minimum absolute atomic E-state index is 0.209. The summed E-state index contributed by atoms with van der Waals surface area (Å²) >= 11 is 0. The minimum Gasteiger partial charge on any atom is -0.483 e. The van der Waals surface area contributed by atoms with E-state index in [1.54, 1.807) is 6.92 Å². The molecule has 1 aliphatic carbocycles. The molecule has 1 aliphatic rings. The first-order valence-corrected chi connectivity index (χ1v) is 11.6. The summed E-state index contributed by atoms with van der Waals surface area (Å²) in [5.41, 5.74) is 5.65. The summed E-state index contributed by atoms with van der Waals surface area (Å²) in [5.74, 6) is 2.65. The van der Waals surface area contributed by atoms with Gasteiger partial charge in [-0.1, -0.05) is 50.6 Å². The number of allylic oxidation sites excluding steroid dienone is 6. The number of Topliss-reactive ketones (excluding diaryl/α,β-unsaturated/α-hetero) is 1. The van der Waals surface area contributed by atoms with E-state index in [-0.39, 0.29) is 17.8 Å². The molecule has 0 bridgehead atoms. The van der Waals surface area contributed by atoms with E-state index in [0.717, 1.165) is 47.6 Å². The van der Waals surface area contributed by atoms with Gasteiger partial charge in [-0.15, -0.1) is 0 Å². The number of carbonyl (C=O) groups is 1. The molecular formula is C28H35NO3. The summed E-state index contributed by atoms with van der Waals surface area (Å²) in [6.07, 6.45) is 11.5. The number of rotatable bonds is 9. The molecule has 2 aromatic rings. The van der Waals surface area contributed by atoms with Crippen LogP contribution in [0.1, 0.15) is 94.4 Å². The topological polar surface area (TPSA) is 52.3 Å². The van der Waals surface area contributed by atoms with E-state index in [9.17, 15) is 4.79 Å². The van der Waals surface area contributed by atoms with Crippen molar-refractivity contribution in [3.8, 4) is 5.75 Å². The third-order valence-corrected chi connectivity index (χ3v) is 5.86. The molecule has 1 heterocycles. The van der Waals surface area contributed by atoms with Crippen LogP contribution in [-0.2, 0) is 11.2 Å². The van der Waals surface area contributed by atoms with E-state index < -0.39 is 0 Å². The van der Waals surface area contributed by atoms with Crippen LogP contribution < -0.4 is 4.74 Å².